The molecular formula is C19H32O8. The number of carbonyl (C=O) groups is 1. The molecule has 0 aromatic rings. The second kappa shape index (κ2) is 9.09. The molecule has 0 spiro atoms. The van der Waals surface area contributed by atoms with Crippen LogP contribution in [0.15, 0.2) is 11.6 Å². The van der Waals surface area contributed by atoms with Gasteiger partial charge < -0.3 is 35.0 Å². The highest BCUT2D eigenvalue weighted by Crippen LogP contribution is 2.43. The maximum Gasteiger partial charge on any atom is 0.187 e. The van der Waals surface area contributed by atoms with Gasteiger partial charge in [-0.05, 0) is 42.7 Å². The summed E-state index contributed by atoms with van der Waals surface area (Å²) in [6, 6.07) is 0. The van der Waals surface area contributed by atoms with Crippen LogP contribution in [-0.2, 0) is 14.3 Å². The Bertz CT molecular complexity index is 542. The molecule has 27 heavy (non-hydrogen) atoms. The third-order valence-corrected chi connectivity index (χ3v) is 5.50. The second-order valence-electron chi connectivity index (χ2n) is 8.34. The van der Waals surface area contributed by atoms with Crippen molar-refractivity contribution in [2.45, 2.75) is 76.8 Å². The first kappa shape index (κ1) is 22.4. The lowest BCUT2D eigenvalue weighted by molar-refractivity contribution is -0.299. The van der Waals surface area contributed by atoms with E-state index in [4.69, 9.17) is 9.47 Å². The predicted molar refractivity (Wildman–Crippen MR) is 95.6 cm³/mol. The molecule has 156 valence electrons. The average molecular weight is 388 g/mol. The van der Waals surface area contributed by atoms with Crippen molar-refractivity contribution in [3.63, 3.8) is 0 Å². The molecule has 2 aliphatic rings. The molecule has 0 aromatic heterocycles. The average Bonchev–Trinajstić information content (AvgIpc) is 2.57. The van der Waals surface area contributed by atoms with Gasteiger partial charge in [0.2, 0.25) is 0 Å². The minimum Gasteiger partial charge on any atom is -0.394 e. The Balaban J connectivity index is 2.09. The van der Waals surface area contributed by atoms with Crippen LogP contribution < -0.4 is 0 Å². The molecule has 1 aliphatic carbocycles. The summed E-state index contributed by atoms with van der Waals surface area (Å²) in [6.45, 7) is 5.18. The lowest BCUT2D eigenvalue weighted by atomic mass is 9.66. The molecule has 2 rings (SSSR count). The topological polar surface area (TPSA) is 137 Å². The van der Waals surface area contributed by atoms with Gasteiger partial charge in [0.15, 0.2) is 12.1 Å². The summed E-state index contributed by atoms with van der Waals surface area (Å²) >= 11 is 0. The first-order valence-electron chi connectivity index (χ1n) is 9.40. The summed E-state index contributed by atoms with van der Waals surface area (Å²) in [7, 11) is 0. The fraction of sp³-hybridized carbons (Fsp3) is 0.842. The fourth-order valence-corrected chi connectivity index (χ4v) is 3.94. The lowest BCUT2D eigenvalue weighted by Crippen LogP contribution is -2.59. The minimum atomic E-state index is -1.51. The lowest BCUT2D eigenvalue weighted by Gasteiger charge is -2.42. The SMILES string of the molecule is C[C@@H](O)CC[C@H]1C(CO[C@@H]2O[C@H](CO)[C@@H](O)[C@H](O)[C@H]2O)=CC(=O)CC1(C)C. The molecule has 1 saturated heterocycles. The van der Waals surface area contributed by atoms with E-state index in [0.717, 1.165) is 5.57 Å². The van der Waals surface area contributed by atoms with Gasteiger partial charge in [0.05, 0.1) is 19.3 Å². The quantitative estimate of drug-likeness (QED) is 0.394. The van der Waals surface area contributed by atoms with Crippen LogP contribution in [-0.4, -0.2) is 81.3 Å². The highest BCUT2D eigenvalue weighted by atomic mass is 16.7. The van der Waals surface area contributed by atoms with Crippen molar-refractivity contribution in [2.75, 3.05) is 13.2 Å². The Morgan fingerprint density at radius 3 is 2.52 bits per heavy atom. The number of hydrogen-bond acceptors (Lipinski definition) is 8. The molecule has 0 saturated carbocycles. The normalized spacial score (nSPS) is 37.8. The van der Waals surface area contributed by atoms with Crippen molar-refractivity contribution in [1.29, 1.82) is 0 Å². The Morgan fingerprint density at radius 2 is 1.93 bits per heavy atom. The molecule has 0 amide bonds. The van der Waals surface area contributed by atoms with E-state index < -0.39 is 43.4 Å². The van der Waals surface area contributed by atoms with Gasteiger partial charge in [-0.15, -0.1) is 0 Å². The van der Waals surface area contributed by atoms with Gasteiger partial charge in [-0.1, -0.05) is 13.8 Å². The largest absolute Gasteiger partial charge is 0.394 e. The summed E-state index contributed by atoms with van der Waals surface area (Å²) in [5.41, 5.74) is 0.447. The number of ether oxygens (including phenoxy) is 2. The number of hydrogen-bond donors (Lipinski definition) is 5. The van der Waals surface area contributed by atoms with Crippen molar-refractivity contribution in [3.05, 3.63) is 11.6 Å². The van der Waals surface area contributed by atoms with Gasteiger partial charge in [0, 0.05) is 6.42 Å². The van der Waals surface area contributed by atoms with Gasteiger partial charge in [-0.25, -0.2) is 0 Å². The van der Waals surface area contributed by atoms with Gasteiger partial charge in [-0.3, -0.25) is 4.79 Å². The maximum absolute atomic E-state index is 12.1. The first-order valence-corrected chi connectivity index (χ1v) is 9.40. The third kappa shape index (κ3) is 5.35. The number of rotatable bonds is 7. The molecule has 7 atom stereocenters. The molecule has 0 unspecified atom stereocenters. The Hall–Kier alpha value is -0.870. The van der Waals surface area contributed by atoms with Crippen molar-refractivity contribution < 1.29 is 39.8 Å². The number of aliphatic hydroxyl groups excluding tert-OH is 5. The molecule has 1 heterocycles. The Morgan fingerprint density at radius 1 is 1.26 bits per heavy atom. The molecule has 0 bridgehead atoms. The Labute approximate surface area is 159 Å². The van der Waals surface area contributed by atoms with Crippen LogP contribution in [0.4, 0.5) is 0 Å². The van der Waals surface area contributed by atoms with Crippen LogP contribution in [0.1, 0.15) is 40.0 Å². The second-order valence-corrected chi connectivity index (χ2v) is 8.34. The fourth-order valence-electron chi connectivity index (χ4n) is 3.94. The predicted octanol–water partition coefficient (Wildman–Crippen LogP) is -0.495. The van der Waals surface area contributed by atoms with E-state index in [1.807, 2.05) is 13.8 Å². The zero-order valence-corrected chi connectivity index (χ0v) is 16.1. The summed E-state index contributed by atoms with van der Waals surface area (Å²) in [5.74, 6) is -0.00427. The zero-order valence-electron chi connectivity index (χ0n) is 16.1. The molecule has 5 N–H and O–H groups in total. The highest BCUT2D eigenvalue weighted by Gasteiger charge is 2.45. The van der Waals surface area contributed by atoms with Gasteiger partial charge in [0.1, 0.15) is 24.4 Å². The molecule has 8 nitrogen and oxygen atoms in total. The van der Waals surface area contributed by atoms with Crippen LogP contribution >= 0.6 is 0 Å². The molecular weight excluding hydrogens is 356 g/mol. The number of ketones is 1. The van der Waals surface area contributed by atoms with Crippen LogP contribution in [0, 0.1) is 11.3 Å². The molecule has 1 aliphatic heterocycles. The van der Waals surface area contributed by atoms with E-state index in [9.17, 15) is 30.3 Å². The van der Waals surface area contributed by atoms with Gasteiger partial charge in [-0.2, -0.15) is 0 Å². The van der Waals surface area contributed by atoms with Crippen molar-refractivity contribution in [3.8, 4) is 0 Å². The standard InChI is InChI=1S/C19H32O8/c1-10(21)4-5-13-11(6-12(22)7-19(13,2)3)9-26-18-17(25)16(24)15(23)14(8-20)27-18/h6,10,13-18,20-21,23-25H,4-5,7-9H2,1-3H3/t10-,13+,14-,15-,16+,17-,18-/m1/s1. The van der Waals surface area contributed by atoms with Crippen molar-refractivity contribution >= 4 is 5.78 Å². The number of aliphatic hydroxyl groups is 5. The van der Waals surface area contributed by atoms with Crippen LogP contribution in [0.3, 0.4) is 0 Å². The minimum absolute atomic E-state index is 0.00232. The molecule has 0 radical (unpaired) electrons. The third-order valence-electron chi connectivity index (χ3n) is 5.50. The Kier molecular flexibility index (Phi) is 7.54. The van der Waals surface area contributed by atoms with Crippen molar-refractivity contribution in [1.82, 2.24) is 0 Å². The van der Waals surface area contributed by atoms with Crippen molar-refractivity contribution in [2.24, 2.45) is 11.3 Å². The maximum atomic E-state index is 12.1. The van der Waals surface area contributed by atoms with E-state index >= 15 is 0 Å². The van der Waals surface area contributed by atoms with Crippen LogP contribution in [0.25, 0.3) is 0 Å². The van der Waals surface area contributed by atoms with E-state index in [1.165, 1.54) is 0 Å². The molecule has 8 heteroatoms. The first-order chi connectivity index (χ1) is 12.6. The van der Waals surface area contributed by atoms with E-state index in [1.54, 1.807) is 13.0 Å². The monoisotopic (exact) mass is 388 g/mol. The summed E-state index contributed by atoms with van der Waals surface area (Å²) in [5, 5.41) is 48.7. The number of carbonyl (C=O) groups excluding carboxylic acids is 1. The smallest absolute Gasteiger partial charge is 0.187 e. The van der Waals surface area contributed by atoms with Crippen LogP contribution in [0.2, 0.25) is 0 Å². The molecule has 1 fully saturated rings. The summed E-state index contributed by atoms with van der Waals surface area (Å²) in [6.07, 6.45) is -3.96. The highest BCUT2D eigenvalue weighted by molar-refractivity contribution is 5.92. The van der Waals surface area contributed by atoms with E-state index in [0.29, 0.717) is 19.3 Å². The van der Waals surface area contributed by atoms with E-state index in [-0.39, 0.29) is 23.7 Å². The van der Waals surface area contributed by atoms with Gasteiger partial charge in [0.25, 0.3) is 0 Å². The molecule has 0 aromatic carbocycles. The summed E-state index contributed by atoms with van der Waals surface area (Å²) < 4.78 is 11.0. The number of allylic oxidation sites excluding steroid dienone is 1. The van der Waals surface area contributed by atoms with Gasteiger partial charge >= 0.3 is 0 Å². The summed E-state index contributed by atoms with van der Waals surface area (Å²) in [4.78, 5) is 12.1. The van der Waals surface area contributed by atoms with Crippen LogP contribution in [0.5, 0.6) is 0 Å². The van der Waals surface area contributed by atoms with E-state index in [2.05, 4.69) is 0 Å². The zero-order chi connectivity index (χ0) is 20.4.